The highest BCUT2D eigenvalue weighted by Gasteiger charge is 2.30. The van der Waals surface area contributed by atoms with Crippen molar-refractivity contribution < 1.29 is 17.9 Å². The van der Waals surface area contributed by atoms with E-state index in [1.807, 2.05) is 0 Å². The van der Waals surface area contributed by atoms with Crippen molar-refractivity contribution in [3.05, 3.63) is 52.6 Å². The van der Waals surface area contributed by atoms with E-state index in [0.29, 0.717) is 4.47 Å². The highest BCUT2D eigenvalue weighted by Crippen LogP contribution is 2.33. The van der Waals surface area contributed by atoms with Crippen LogP contribution in [0.5, 0.6) is 11.6 Å². The first kappa shape index (κ1) is 12.9. The van der Waals surface area contributed by atoms with Crippen molar-refractivity contribution in [2.75, 3.05) is 0 Å². The van der Waals surface area contributed by atoms with Crippen molar-refractivity contribution in [1.82, 2.24) is 4.98 Å². The zero-order chi connectivity index (χ0) is 13.2. The number of hydrogen-bond donors (Lipinski definition) is 0. The Bertz CT molecular complexity index is 557. The monoisotopic (exact) mass is 317 g/mol. The number of rotatable bonds is 2. The Labute approximate surface area is 110 Å². The minimum Gasteiger partial charge on any atom is -0.438 e. The molecule has 0 amide bonds. The van der Waals surface area contributed by atoms with Gasteiger partial charge in [0.2, 0.25) is 5.88 Å². The third kappa shape index (κ3) is 3.01. The van der Waals surface area contributed by atoms with E-state index in [1.54, 1.807) is 12.1 Å². The summed E-state index contributed by atoms with van der Waals surface area (Å²) in [6, 6.07) is 8.02. The van der Waals surface area contributed by atoms with Gasteiger partial charge in [-0.3, -0.25) is 0 Å². The number of halogens is 4. The van der Waals surface area contributed by atoms with E-state index in [4.69, 9.17) is 4.74 Å². The van der Waals surface area contributed by atoms with Crippen molar-refractivity contribution in [3.8, 4) is 11.6 Å². The molecule has 6 heteroatoms. The SMILES string of the molecule is FC(F)(F)c1cccc(Oc2ncccc2Br)c1. The summed E-state index contributed by atoms with van der Waals surface area (Å²) in [6.07, 6.45) is -2.89. The maximum absolute atomic E-state index is 12.5. The normalized spacial score (nSPS) is 11.3. The Kier molecular flexibility index (Phi) is 3.56. The smallest absolute Gasteiger partial charge is 0.416 e. The molecule has 0 radical (unpaired) electrons. The van der Waals surface area contributed by atoms with E-state index in [1.165, 1.54) is 18.3 Å². The van der Waals surface area contributed by atoms with Crippen LogP contribution in [0.25, 0.3) is 0 Å². The molecule has 0 N–H and O–H groups in total. The van der Waals surface area contributed by atoms with Gasteiger partial charge in [0.25, 0.3) is 0 Å². The molecule has 0 saturated heterocycles. The minimum atomic E-state index is -4.39. The van der Waals surface area contributed by atoms with Crippen LogP contribution in [0.1, 0.15) is 5.56 Å². The maximum atomic E-state index is 12.5. The first-order valence-corrected chi connectivity index (χ1v) is 5.72. The second-order valence-electron chi connectivity index (χ2n) is 3.42. The largest absolute Gasteiger partial charge is 0.438 e. The Morgan fingerprint density at radius 2 is 1.89 bits per heavy atom. The lowest BCUT2D eigenvalue weighted by atomic mass is 10.2. The fraction of sp³-hybridized carbons (Fsp3) is 0.0833. The van der Waals surface area contributed by atoms with Crippen LogP contribution >= 0.6 is 15.9 Å². The third-order valence-corrected chi connectivity index (χ3v) is 2.70. The number of aromatic nitrogens is 1. The molecule has 2 rings (SSSR count). The van der Waals surface area contributed by atoms with Gasteiger partial charge in [-0.05, 0) is 46.3 Å². The second kappa shape index (κ2) is 4.97. The molecule has 0 fully saturated rings. The lowest BCUT2D eigenvalue weighted by Crippen LogP contribution is -2.04. The molecule has 0 aliphatic carbocycles. The average Bonchev–Trinajstić information content (AvgIpc) is 2.31. The van der Waals surface area contributed by atoms with Gasteiger partial charge in [0.15, 0.2) is 0 Å². The molecule has 0 spiro atoms. The molecule has 0 unspecified atom stereocenters. The third-order valence-electron chi connectivity index (χ3n) is 2.10. The molecule has 94 valence electrons. The number of alkyl halides is 3. The minimum absolute atomic E-state index is 0.0872. The number of hydrogen-bond acceptors (Lipinski definition) is 2. The van der Waals surface area contributed by atoms with Gasteiger partial charge in [-0.1, -0.05) is 6.07 Å². The van der Waals surface area contributed by atoms with E-state index in [-0.39, 0.29) is 11.6 Å². The molecule has 1 heterocycles. The van der Waals surface area contributed by atoms with Crippen LogP contribution < -0.4 is 4.74 Å². The van der Waals surface area contributed by atoms with Crippen molar-refractivity contribution in [2.24, 2.45) is 0 Å². The Balaban J connectivity index is 2.28. The van der Waals surface area contributed by atoms with Crippen LogP contribution in [0.2, 0.25) is 0 Å². The summed E-state index contributed by atoms with van der Waals surface area (Å²) in [6.45, 7) is 0. The van der Waals surface area contributed by atoms with Crippen LogP contribution in [0.3, 0.4) is 0 Å². The Morgan fingerprint density at radius 1 is 1.11 bits per heavy atom. The molecular formula is C12H7BrF3NO. The molecule has 18 heavy (non-hydrogen) atoms. The van der Waals surface area contributed by atoms with E-state index in [2.05, 4.69) is 20.9 Å². The number of pyridine rings is 1. The van der Waals surface area contributed by atoms with Crippen molar-refractivity contribution in [1.29, 1.82) is 0 Å². The van der Waals surface area contributed by atoms with E-state index in [9.17, 15) is 13.2 Å². The molecule has 0 bridgehead atoms. The fourth-order valence-corrected chi connectivity index (χ4v) is 1.63. The molecule has 1 aromatic heterocycles. The molecule has 0 saturated carbocycles. The van der Waals surface area contributed by atoms with Gasteiger partial charge in [-0.15, -0.1) is 0 Å². The van der Waals surface area contributed by atoms with Crippen LogP contribution in [-0.4, -0.2) is 4.98 Å². The summed E-state index contributed by atoms with van der Waals surface area (Å²) in [5.41, 5.74) is -0.757. The van der Waals surface area contributed by atoms with Crippen LogP contribution in [-0.2, 0) is 6.18 Å². The number of ether oxygens (including phenoxy) is 1. The Morgan fingerprint density at radius 3 is 2.56 bits per heavy atom. The summed E-state index contributed by atoms with van der Waals surface area (Å²) in [5, 5.41) is 0. The second-order valence-corrected chi connectivity index (χ2v) is 4.27. The summed E-state index contributed by atoms with van der Waals surface area (Å²) in [4.78, 5) is 3.92. The van der Waals surface area contributed by atoms with E-state index in [0.717, 1.165) is 12.1 Å². The lowest BCUT2D eigenvalue weighted by Gasteiger charge is -2.10. The fourth-order valence-electron chi connectivity index (χ4n) is 1.29. The Hall–Kier alpha value is -1.56. The van der Waals surface area contributed by atoms with Crippen molar-refractivity contribution in [3.63, 3.8) is 0 Å². The van der Waals surface area contributed by atoms with Gasteiger partial charge in [-0.2, -0.15) is 13.2 Å². The first-order valence-electron chi connectivity index (χ1n) is 4.92. The summed E-state index contributed by atoms with van der Waals surface area (Å²) in [7, 11) is 0. The molecule has 0 aliphatic rings. The van der Waals surface area contributed by atoms with Crippen molar-refractivity contribution in [2.45, 2.75) is 6.18 Å². The van der Waals surface area contributed by atoms with Gasteiger partial charge in [0, 0.05) is 6.20 Å². The van der Waals surface area contributed by atoms with Crippen LogP contribution in [0.15, 0.2) is 47.1 Å². The average molecular weight is 318 g/mol. The number of benzene rings is 1. The van der Waals surface area contributed by atoms with Gasteiger partial charge >= 0.3 is 6.18 Å². The van der Waals surface area contributed by atoms with Crippen molar-refractivity contribution >= 4 is 15.9 Å². The molecule has 0 aliphatic heterocycles. The molecular weight excluding hydrogens is 311 g/mol. The van der Waals surface area contributed by atoms with Gasteiger partial charge in [0.05, 0.1) is 10.0 Å². The highest BCUT2D eigenvalue weighted by atomic mass is 79.9. The molecule has 1 aromatic carbocycles. The van der Waals surface area contributed by atoms with Gasteiger partial charge < -0.3 is 4.74 Å². The van der Waals surface area contributed by atoms with E-state index >= 15 is 0 Å². The maximum Gasteiger partial charge on any atom is 0.416 e. The predicted molar refractivity (Wildman–Crippen MR) is 63.5 cm³/mol. The standard InChI is InChI=1S/C12H7BrF3NO/c13-10-5-2-6-17-11(10)18-9-4-1-3-8(7-9)12(14,15)16/h1-7H. The predicted octanol–water partition coefficient (Wildman–Crippen LogP) is 4.66. The zero-order valence-electron chi connectivity index (χ0n) is 8.91. The summed E-state index contributed by atoms with van der Waals surface area (Å²) >= 11 is 3.20. The highest BCUT2D eigenvalue weighted by molar-refractivity contribution is 9.10. The topological polar surface area (TPSA) is 22.1 Å². The van der Waals surface area contributed by atoms with Gasteiger partial charge in [0.1, 0.15) is 5.75 Å². The number of nitrogens with zero attached hydrogens (tertiary/aromatic N) is 1. The van der Waals surface area contributed by atoms with E-state index < -0.39 is 11.7 Å². The van der Waals surface area contributed by atoms with Crippen LogP contribution in [0.4, 0.5) is 13.2 Å². The lowest BCUT2D eigenvalue weighted by molar-refractivity contribution is -0.137. The molecule has 2 nitrogen and oxygen atoms in total. The molecule has 0 atom stereocenters. The summed E-state index contributed by atoms with van der Waals surface area (Å²) in [5.74, 6) is 0.307. The zero-order valence-corrected chi connectivity index (χ0v) is 10.5. The van der Waals surface area contributed by atoms with Crippen LogP contribution in [0, 0.1) is 0 Å². The van der Waals surface area contributed by atoms with Gasteiger partial charge in [-0.25, -0.2) is 4.98 Å². The summed E-state index contributed by atoms with van der Waals surface area (Å²) < 4.78 is 43.4. The molecule has 2 aromatic rings. The first-order chi connectivity index (χ1) is 8.47. The quantitative estimate of drug-likeness (QED) is 0.804.